The first-order chi connectivity index (χ1) is 6.50. The van der Waals surface area contributed by atoms with Crippen LogP contribution in [0.2, 0.25) is 0 Å². The van der Waals surface area contributed by atoms with Gasteiger partial charge in [0.2, 0.25) is 0 Å². The SMILES string of the molecule is CC(C)N(C(C)C)P(C)OCCC#N. The third kappa shape index (κ3) is 4.91. The zero-order valence-corrected chi connectivity index (χ0v) is 10.7. The van der Waals surface area contributed by atoms with Crippen molar-refractivity contribution >= 4 is 8.30 Å². The molecule has 0 aliphatic heterocycles. The van der Waals surface area contributed by atoms with Gasteiger partial charge in [-0.3, -0.25) is 4.67 Å². The Morgan fingerprint density at radius 1 is 1.29 bits per heavy atom. The molecule has 0 bridgehead atoms. The van der Waals surface area contributed by atoms with Crippen LogP contribution >= 0.6 is 8.30 Å². The van der Waals surface area contributed by atoms with Crippen LogP contribution in [0.4, 0.5) is 0 Å². The normalized spacial score (nSPS) is 13.6. The summed E-state index contributed by atoms with van der Waals surface area (Å²) >= 11 is 0. The highest BCUT2D eigenvalue weighted by atomic mass is 31.2. The molecule has 0 rings (SSSR count). The molecule has 0 aliphatic carbocycles. The Morgan fingerprint density at radius 3 is 2.14 bits per heavy atom. The van der Waals surface area contributed by atoms with Gasteiger partial charge in [-0.15, -0.1) is 0 Å². The van der Waals surface area contributed by atoms with Gasteiger partial charge >= 0.3 is 0 Å². The molecule has 0 aromatic rings. The van der Waals surface area contributed by atoms with Crippen molar-refractivity contribution in [1.29, 1.82) is 5.26 Å². The van der Waals surface area contributed by atoms with Crippen molar-refractivity contribution in [3.05, 3.63) is 0 Å². The van der Waals surface area contributed by atoms with Crippen LogP contribution in [0.25, 0.3) is 0 Å². The fourth-order valence-corrected chi connectivity index (χ4v) is 3.33. The van der Waals surface area contributed by atoms with Gasteiger partial charge in [0.1, 0.15) is 8.30 Å². The third-order valence-electron chi connectivity index (χ3n) is 1.88. The second-order valence-corrected chi connectivity index (χ2v) is 5.42. The highest BCUT2D eigenvalue weighted by Crippen LogP contribution is 2.40. The molecule has 82 valence electrons. The lowest BCUT2D eigenvalue weighted by atomic mass is 10.3. The molecule has 0 saturated carbocycles. The van der Waals surface area contributed by atoms with E-state index in [9.17, 15) is 0 Å². The van der Waals surface area contributed by atoms with Gasteiger partial charge in [-0.1, -0.05) is 0 Å². The summed E-state index contributed by atoms with van der Waals surface area (Å²) in [7, 11) is -0.552. The van der Waals surface area contributed by atoms with Crippen LogP contribution < -0.4 is 0 Å². The number of nitrogens with zero attached hydrogens (tertiary/aromatic N) is 2. The van der Waals surface area contributed by atoms with E-state index in [4.69, 9.17) is 9.79 Å². The minimum atomic E-state index is -0.552. The minimum absolute atomic E-state index is 0.483. The monoisotopic (exact) mass is 216 g/mol. The molecule has 0 radical (unpaired) electrons. The zero-order chi connectivity index (χ0) is 11.1. The molecule has 0 fully saturated rings. The lowest BCUT2D eigenvalue weighted by Crippen LogP contribution is -2.32. The van der Waals surface area contributed by atoms with E-state index in [1.54, 1.807) is 0 Å². The van der Waals surface area contributed by atoms with E-state index >= 15 is 0 Å². The molecular formula is C10H21N2OP. The largest absolute Gasteiger partial charge is 0.343 e. The van der Waals surface area contributed by atoms with Crippen LogP contribution in [0.3, 0.4) is 0 Å². The zero-order valence-electron chi connectivity index (χ0n) is 9.82. The minimum Gasteiger partial charge on any atom is -0.343 e. The maximum atomic E-state index is 8.40. The van der Waals surface area contributed by atoms with Gasteiger partial charge in [-0.05, 0) is 34.4 Å². The molecule has 0 heterocycles. The van der Waals surface area contributed by atoms with E-state index in [0.29, 0.717) is 25.1 Å². The summed E-state index contributed by atoms with van der Waals surface area (Å²) in [6.07, 6.45) is 0.483. The summed E-state index contributed by atoms with van der Waals surface area (Å²) in [6.45, 7) is 11.3. The molecule has 0 N–H and O–H groups in total. The van der Waals surface area contributed by atoms with Crippen molar-refractivity contribution < 1.29 is 4.52 Å². The first kappa shape index (κ1) is 13.8. The predicted octanol–water partition coefficient (Wildman–Crippen LogP) is 2.98. The predicted molar refractivity (Wildman–Crippen MR) is 61.1 cm³/mol. The third-order valence-corrected chi connectivity index (χ3v) is 4.01. The standard InChI is InChI=1S/C10H21N2OP/c1-9(2)12(10(3)4)14(5)13-8-6-7-11/h9-10H,6,8H2,1-5H3. The van der Waals surface area contributed by atoms with Gasteiger partial charge in [0.25, 0.3) is 0 Å². The molecule has 14 heavy (non-hydrogen) atoms. The Labute approximate surface area is 88.9 Å². The van der Waals surface area contributed by atoms with Crippen LogP contribution in [0.1, 0.15) is 34.1 Å². The molecule has 0 aliphatic rings. The van der Waals surface area contributed by atoms with Crippen molar-refractivity contribution in [1.82, 2.24) is 4.67 Å². The smallest absolute Gasteiger partial charge is 0.101 e. The van der Waals surface area contributed by atoms with Crippen LogP contribution in [0.15, 0.2) is 0 Å². The van der Waals surface area contributed by atoms with Crippen molar-refractivity contribution in [2.24, 2.45) is 0 Å². The average Bonchev–Trinajstić information content (AvgIpc) is 2.03. The van der Waals surface area contributed by atoms with Gasteiger partial charge in [0, 0.05) is 12.1 Å². The first-order valence-corrected chi connectivity index (χ1v) is 6.68. The Kier molecular flexibility index (Phi) is 7.09. The van der Waals surface area contributed by atoms with Gasteiger partial charge in [-0.2, -0.15) is 5.26 Å². The van der Waals surface area contributed by atoms with Gasteiger partial charge < -0.3 is 4.52 Å². The Balaban J connectivity index is 4.03. The van der Waals surface area contributed by atoms with E-state index in [1.807, 2.05) is 0 Å². The van der Waals surface area contributed by atoms with E-state index in [0.717, 1.165) is 0 Å². The van der Waals surface area contributed by atoms with Crippen LogP contribution in [0.5, 0.6) is 0 Å². The van der Waals surface area contributed by atoms with Crippen molar-refractivity contribution in [2.45, 2.75) is 46.2 Å². The molecular weight excluding hydrogens is 195 g/mol. The van der Waals surface area contributed by atoms with Crippen molar-refractivity contribution in [3.8, 4) is 6.07 Å². The summed E-state index contributed by atoms with van der Waals surface area (Å²) in [6, 6.07) is 3.07. The lowest BCUT2D eigenvalue weighted by molar-refractivity contribution is 0.260. The number of nitriles is 1. The summed E-state index contributed by atoms with van der Waals surface area (Å²) in [5.41, 5.74) is 0. The fraction of sp³-hybridized carbons (Fsp3) is 0.900. The van der Waals surface area contributed by atoms with Crippen LogP contribution in [0, 0.1) is 11.3 Å². The number of rotatable bonds is 6. The molecule has 1 atom stereocenters. The molecule has 0 aromatic carbocycles. The molecule has 3 nitrogen and oxygen atoms in total. The van der Waals surface area contributed by atoms with Crippen LogP contribution in [-0.4, -0.2) is 30.0 Å². The second-order valence-electron chi connectivity index (χ2n) is 3.77. The Bertz CT molecular complexity index is 181. The number of hydrogen-bond donors (Lipinski definition) is 0. The lowest BCUT2D eigenvalue weighted by Gasteiger charge is -2.34. The summed E-state index contributed by atoms with van der Waals surface area (Å²) < 4.78 is 7.99. The fourth-order valence-electron chi connectivity index (χ4n) is 1.54. The molecule has 0 spiro atoms. The molecule has 0 amide bonds. The van der Waals surface area contributed by atoms with E-state index < -0.39 is 8.30 Å². The highest BCUT2D eigenvalue weighted by Gasteiger charge is 2.20. The van der Waals surface area contributed by atoms with Crippen molar-refractivity contribution in [2.75, 3.05) is 13.3 Å². The quantitative estimate of drug-likeness (QED) is 0.506. The maximum absolute atomic E-state index is 8.40. The molecule has 4 heteroatoms. The average molecular weight is 216 g/mol. The highest BCUT2D eigenvalue weighted by molar-refractivity contribution is 7.49. The maximum Gasteiger partial charge on any atom is 0.101 e. The Morgan fingerprint density at radius 2 is 1.79 bits per heavy atom. The summed E-state index contributed by atoms with van der Waals surface area (Å²) in [5, 5.41) is 8.40. The first-order valence-electron chi connectivity index (χ1n) is 5.02. The summed E-state index contributed by atoms with van der Waals surface area (Å²) in [5.74, 6) is 0. The topological polar surface area (TPSA) is 36.3 Å². The Hall–Kier alpha value is -0.160. The van der Waals surface area contributed by atoms with E-state index in [2.05, 4.69) is 45.1 Å². The van der Waals surface area contributed by atoms with Gasteiger partial charge in [-0.25, -0.2) is 0 Å². The van der Waals surface area contributed by atoms with E-state index in [-0.39, 0.29) is 0 Å². The van der Waals surface area contributed by atoms with Crippen molar-refractivity contribution in [3.63, 3.8) is 0 Å². The van der Waals surface area contributed by atoms with E-state index in [1.165, 1.54) is 0 Å². The molecule has 1 unspecified atom stereocenters. The van der Waals surface area contributed by atoms with Gasteiger partial charge in [0.05, 0.1) is 19.1 Å². The summed E-state index contributed by atoms with van der Waals surface area (Å²) in [4.78, 5) is 0. The van der Waals surface area contributed by atoms with Gasteiger partial charge in [0.15, 0.2) is 0 Å². The second kappa shape index (κ2) is 7.17. The van der Waals surface area contributed by atoms with Crippen LogP contribution in [-0.2, 0) is 4.52 Å². The molecule has 0 aromatic heterocycles. The number of hydrogen-bond acceptors (Lipinski definition) is 3. The molecule has 0 saturated heterocycles.